The molecule has 0 spiro atoms. The monoisotopic (exact) mass is 431 g/mol. The Labute approximate surface area is 187 Å². The Hall–Kier alpha value is -3.39. The Morgan fingerprint density at radius 1 is 1.19 bits per heavy atom. The first-order valence-electron chi connectivity index (χ1n) is 11.4. The summed E-state index contributed by atoms with van der Waals surface area (Å²) >= 11 is 0. The lowest BCUT2D eigenvalue weighted by Gasteiger charge is -2.37. The molecule has 1 unspecified atom stereocenters. The number of pyridine rings is 2. The first kappa shape index (κ1) is 20.5. The molecule has 1 fully saturated rings. The number of aromatic amines is 1. The molecule has 8 nitrogen and oxygen atoms in total. The van der Waals surface area contributed by atoms with Gasteiger partial charge >= 0.3 is 0 Å². The van der Waals surface area contributed by atoms with Gasteiger partial charge in [0.25, 0.3) is 0 Å². The van der Waals surface area contributed by atoms with Crippen LogP contribution < -0.4 is 10.9 Å². The summed E-state index contributed by atoms with van der Waals surface area (Å²) in [5.74, 6) is 0. The predicted molar refractivity (Wildman–Crippen MR) is 127 cm³/mol. The topological polar surface area (TPSA) is 81.6 Å². The van der Waals surface area contributed by atoms with E-state index in [2.05, 4.69) is 55.3 Å². The quantitative estimate of drug-likeness (QED) is 0.625. The van der Waals surface area contributed by atoms with E-state index < -0.39 is 0 Å². The number of aromatic nitrogens is 4. The molecule has 1 aliphatic carbocycles. The summed E-state index contributed by atoms with van der Waals surface area (Å²) in [4.78, 5) is 23.9. The van der Waals surface area contributed by atoms with Gasteiger partial charge in [-0.1, -0.05) is 19.1 Å². The van der Waals surface area contributed by atoms with Crippen LogP contribution in [0.15, 0.2) is 65.5 Å². The van der Waals surface area contributed by atoms with Gasteiger partial charge in [-0.15, -0.1) is 0 Å². The molecule has 2 N–H and O–H groups in total. The Morgan fingerprint density at radius 3 is 2.81 bits per heavy atom. The molecule has 0 amide bonds. The van der Waals surface area contributed by atoms with Crippen molar-refractivity contribution >= 4 is 11.3 Å². The molecule has 1 aliphatic heterocycles. The van der Waals surface area contributed by atoms with E-state index in [1.807, 2.05) is 18.2 Å². The van der Waals surface area contributed by atoms with Crippen molar-refractivity contribution in [2.24, 2.45) is 0 Å². The molecule has 4 heterocycles. The first-order chi connectivity index (χ1) is 15.7. The van der Waals surface area contributed by atoms with Crippen molar-refractivity contribution in [3.05, 3.63) is 71.1 Å². The smallest absolute Gasteiger partial charge is 0.248 e. The molecular formula is C24H29N7O. The van der Waals surface area contributed by atoms with Crippen LogP contribution in [0.25, 0.3) is 16.9 Å². The van der Waals surface area contributed by atoms with Crippen molar-refractivity contribution in [1.29, 1.82) is 0 Å². The standard InChI is InChI=1S/C24H29N7O/c1-2-11-29-12-14-30(15-13-29)20-5-3-19(4-6-20)28-21-7-8-22(31-24(21)26-17-27-31)18-9-10-25-23(32)16-18/h3,5-10,16-17,19,28H,2,4,11-15H2,1H3,(H,25,32). The average Bonchev–Trinajstić information content (AvgIpc) is 3.31. The minimum atomic E-state index is -0.139. The van der Waals surface area contributed by atoms with Gasteiger partial charge in [0, 0.05) is 55.7 Å². The number of piperazine rings is 1. The summed E-state index contributed by atoms with van der Waals surface area (Å²) in [5, 5.41) is 7.98. The van der Waals surface area contributed by atoms with Gasteiger partial charge in [0.05, 0.1) is 11.4 Å². The fourth-order valence-corrected chi connectivity index (χ4v) is 4.54. The normalized spacial score (nSPS) is 19.3. The number of hydrogen-bond donors (Lipinski definition) is 2. The Bertz CT molecular complexity index is 1200. The zero-order valence-corrected chi connectivity index (χ0v) is 18.4. The van der Waals surface area contributed by atoms with Gasteiger partial charge in [-0.25, -0.2) is 9.50 Å². The molecule has 8 heteroatoms. The minimum Gasteiger partial charge on any atom is -0.375 e. The van der Waals surface area contributed by atoms with E-state index in [1.54, 1.807) is 23.1 Å². The molecule has 0 aromatic carbocycles. The predicted octanol–water partition coefficient (Wildman–Crippen LogP) is 2.74. The fraction of sp³-hybridized carbons (Fsp3) is 0.375. The lowest BCUT2D eigenvalue weighted by atomic mass is 10.0. The van der Waals surface area contributed by atoms with E-state index in [-0.39, 0.29) is 11.6 Å². The number of anilines is 1. The van der Waals surface area contributed by atoms with Gasteiger partial charge in [0.2, 0.25) is 5.56 Å². The SMILES string of the molecule is CCCN1CCN(C2=CCC(Nc3ccc(-c4cc[nH]c(=O)c4)n4ncnc34)C=C2)CC1. The van der Waals surface area contributed by atoms with E-state index in [4.69, 9.17) is 0 Å². The van der Waals surface area contributed by atoms with Crippen LogP contribution in [0, 0.1) is 0 Å². The number of nitrogens with one attached hydrogen (secondary N) is 2. The van der Waals surface area contributed by atoms with Crippen LogP contribution in [0.4, 0.5) is 5.69 Å². The molecular weight excluding hydrogens is 402 g/mol. The maximum atomic E-state index is 11.7. The van der Waals surface area contributed by atoms with Crippen molar-refractivity contribution in [3.8, 4) is 11.3 Å². The summed E-state index contributed by atoms with van der Waals surface area (Å²) < 4.78 is 1.78. The Balaban J connectivity index is 1.28. The molecule has 32 heavy (non-hydrogen) atoms. The third-order valence-corrected chi connectivity index (χ3v) is 6.19. The summed E-state index contributed by atoms with van der Waals surface area (Å²) in [7, 11) is 0. The zero-order chi connectivity index (χ0) is 21.9. The highest BCUT2D eigenvalue weighted by molar-refractivity contribution is 5.73. The van der Waals surface area contributed by atoms with Gasteiger partial charge in [-0.05, 0) is 43.7 Å². The fourth-order valence-electron chi connectivity index (χ4n) is 4.54. The number of H-pyrrole nitrogens is 1. The van der Waals surface area contributed by atoms with Crippen molar-refractivity contribution < 1.29 is 0 Å². The van der Waals surface area contributed by atoms with Crippen LogP contribution in [0.3, 0.4) is 0 Å². The third-order valence-electron chi connectivity index (χ3n) is 6.19. The Kier molecular flexibility index (Phi) is 5.77. The Morgan fingerprint density at radius 2 is 2.06 bits per heavy atom. The second-order valence-corrected chi connectivity index (χ2v) is 8.37. The lowest BCUT2D eigenvalue weighted by Crippen LogP contribution is -2.46. The van der Waals surface area contributed by atoms with Crippen LogP contribution in [-0.4, -0.2) is 68.1 Å². The largest absolute Gasteiger partial charge is 0.375 e. The third kappa shape index (κ3) is 4.18. The van der Waals surface area contributed by atoms with Gasteiger partial charge in [0.1, 0.15) is 6.33 Å². The van der Waals surface area contributed by atoms with Crippen LogP contribution in [0.2, 0.25) is 0 Å². The molecule has 166 valence electrons. The maximum absolute atomic E-state index is 11.7. The molecule has 3 aromatic rings. The molecule has 0 saturated carbocycles. The van der Waals surface area contributed by atoms with Gasteiger partial charge in [0.15, 0.2) is 5.65 Å². The van der Waals surface area contributed by atoms with E-state index in [9.17, 15) is 4.79 Å². The summed E-state index contributed by atoms with van der Waals surface area (Å²) in [6, 6.07) is 7.62. The van der Waals surface area contributed by atoms with Crippen LogP contribution in [-0.2, 0) is 0 Å². The van der Waals surface area contributed by atoms with Crippen LogP contribution >= 0.6 is 0 Å². The van der Waals surface area contributed by atoms with E-state index in [0.717, 1.165) is 55.2 Å². The van der Waals surface area contributed by atoms with Crippen molar-refractivity contribution in [2.75, 3.05) is 38.0 Å². The molecule has 1 atom stereocenters. The summed E-state index contributed by atoms with van der Waals surface area (Å²) in [6.45, 7) is 7.92. The molecule has 0 bridgehead atoms. The summed E-state index contributed by atoms with van der Waals surface area (Å²) in [5.41, 5.74) is 4.50. The highest BCUT2D eigenvalue weighted by Gasteiger charge is 2.20. The van der Waals surface area contributed by atoms with Crippen LogP contribution in [0.1, 0.15) is 19.8 Å². The van der Waals surface area contributed by atoms with E-state index >= 15 is 0 Å². The number of fused-ring (bicyclic) bond motifs is 1. The molecule has 1 saturated heterocycles. The summed E-state index contributed by atoms with van der Waals surface area (Å²) in [6.07, 6.45) is 12.2. The maximum Gasteiger partial charge on any atom is 0.248 e. The highest BCUT2D eigenvalue weighted by atomic mass is 16.1. The van der Waals surface area contributed by atoms with E-state index in [0.29, 0.717) is 0 Å². The number of nitrogens with zero attached hydrogens (tertiary/aromatic N) is 5. The lowest BCUT2D eigenvalue weighted by molar-refractivity contribution is 0.161. The average molecular weight is 432 g/mol. The number of allylic oxidation sites excluding steroid dienone is 1. The number of rotatable bonds is 6. The second-order valence-electron chi connectivity index (χ2n) is 8.37. The van der Waals surface area contributed by atoms with Crippen LogP contribution in [0.5, 0.6) is 0 Å². The van der Waals surface area contributed by atoms with Crippen molar-refractivity contribution in [2.45, 2.75) is 25.8 Å². The minimum absolute atomic E-state index is 0.139. The van der Waals surface area contributed by atoms with Crippen molar-refractivity contribution in [3.63, 3.8) is 0 Å². The zero-order valence-electron chi connectivity index (χ0n) is 18.4. The van der Waals surface area contributed by atoms with E-state index in [1.165, 1.54) is 18.7 Å². The molecule has 0 radical (unpaired) electrons. The molecule has 2 aliphatic rings. The van der Waals surface area contributed by atoms with Gasteiger partial charge < -0.3 is 15.2 Å². The second kappa shape index (κ2) is 9.00. The van der Waals surface area contributed by atoms with Gasteiger partial charge in [-0.3, -0.25) is 9.69 Å². The first-order valence-corrected chi connectivity index (χ1v) is 11.4. The number of hydrogen-bond acceptors (Lipinski definition) is 6. The molecule has 3 aromatic heterocycles. The highest BCUT2D eigenvalue weighted by Crippen LogP contribution is 2.26. The molecule has 5 rings (SSSR count). The van der Waals surface area contributed by atoms with Crippen molar-refractivity contribution in [1.82, 2.24) is 29.4 Å². The van der Waals surface area contributed by atoms with Gasteiger partial charge in [-0.2, -0.15) is 5.10 Å².